The highest BCUT2D eigenvalue weighted by atomic mass is 16.2. The molecule has 0 heterocycles. The van der Waals surface area contributed by atoms with Crippen LogP contribution in [0.4, 0.5) is 11.4 Å². The largest absolute Gasteiger partial charge is 0.399 e. The van der Waals surface area contributed by atoms with Gasteiger partial charge in [-0.3, -0.25) is 0 Å². The molecule has 0 aromatic heterocycles. The second kappa shape index (κ2) is 3.45. The average Bonchev–Trinajstić information content (AvgIpc) is 2.00. The third kappa shape index (κ3) is 1.68. The van der Waals surface area contributed by atoms with Crippen LogP contribution in [-0.4, -0.2) is 11.7 Å². The molecule has 0 aliphatic rings. The molecule has 0 aliphatic heterocycles. The summed E-state index contributed by atoms with van der Waals surface area (Å²) in [5.41, 5.74) is 14.7. The molecule has 0 spiro atoms. The summed E-state index contributed by atoms with van der Waals surface area (Å²) in [6, 6.07) is 3.63. The van der Waals surface area contributed by atoms with Gasteiger partial charge in [0.1, 0.15) is 0 Å². The van der Waals surface area contributed by atoms with Crippen LogP contribution in [0.2, 0.25) is 0 Å². The lowest BCUT2D eigenvalue weighted by Crippen LogP contribution is -2.01. The first-order chi connectivity index (χ1) is 5.65. The topological polar surface area (TPSA) is 72.3 Å². The summed E-state index contributed by atoms with van der Waals surface area (Å²) >= 11 is 0. The van der Waals surface area contributed by atoms with Gasteiger partial charge in [-0.25, -0.2) is 0 Å². The number of nitrogen functional groups attached to an aromatic ring is 2. The average molecular weight is 166 g/mol. The second-order valence-corrected chi connectivity index (χ2v) is 2.88. The Morgan fingerprint density at radius 3 is 2.58 bits per heavy atom. The fourth-order valence-corrected chi connectivity index (χ4v) is 1.23. The Labute approximate surface area is 72.0 Å². The van der Waals surface area contributed by atoms with Gasteiger partial charge in [0.15, 0.2) is 0 Å². The van der Waals surface area contributed by atoms with Gasteiger partial charge >= 0.3 is 0 Å². The fraction of sp³-hybridized carbons (Fsp3) is 0.333. The minimum atomic E-state index is 0.104. The summed E-state index contributed by atoms with van der Waals surface area (Å²) in [6.45, 7) is 2.01. The van der Waals surface area contributed by atoms with Gasteiger partial charge < -0.3 is 16.6 Å². The molecule has 0 unspecified atom stereocenters. The third-order valence-electron chi connectivity index (χ3n) is 1.88. The number of anilines is 2. The van der Waals surface area contributed by atoms with E-state index < -0.39 is 0 Å². The van der Waals surface area contributed by atoms with Gasteiger partial charge in [-0.1, -0.05) is 0 Å². The zero-order valence-corrected chi connectivity index (χ0v) is 7.17. The predicted octanol–water partition coefficient (Wildman–Crippen LogP) is 0.694. The van der Waals surface area contributed by atoms with E-state index in [2.05, 4.69) is 0 Å². The Morgan fingerprint density at radius 1 is 1.33 bits per heavy atom. The van der Waals surface area contributed by atoms with Gasteiger partial charge in [-0.05, 0) is 36.6 Å². The van der Waals surface area contributed by atoms with E-state index in [9.17, 15) is 0 Å². The number of nitrogens with two attached hydrogens (primary N) is 2. The maximum absolute atomic E-state index is 8.73. The number of rotatable bonds is 2. The second-order valence-electron chi connectivity index (χ2n) is 2.88. The Kier molecular flexibility index (Phi) is 2.55. The van der Waals surface area contributed by atoms with Crippen LogP contribution in [0.1, 0.15) is 11.1 Å². The van der Waals surface area contributed by atoms with Crippen molar-refractivity contribution in [1.82, 2.24) is 0 Å². The highest BCUT2D eigenvalue weighted by Gasteiger charge is 2.02. The Hall–Kier alpha value is -1.22. The number of hydrogen-bond donors (Lipinski definition) is 3. The minimum absolute atomic E-state index is 0.104. The molecule has 5 N–H and O–H groups in total. The lowest BCUT2D eigenvalue weighted by molar-refractivity contribution is 0.300. The third-order valence-corrected chi connectivity index (χ3v) is 1.88. The van der Waals surface area contributed by atoms with E-state index in [1.54, 1.807) is 6.07 Å². The molecule has 0 aliphatic carbocycles. The van der Waals surface area contributed by atoms with Crippen LogP contribution in [0.5, 0.6) is 0 Å². The predicted molar refractivity (Wildman–Crippen MR) is 50.8 cm³/mol. The van der Waals surface area contributed by atoms with Crippen LogP contribution < -0.4 is 11.5 Å². The minimum Gasteiger partial charge on any atom is -0.399 e. The van der Waals surface area contributed by atoms with Gasteiger partial charge in [0.05, 0.1) is 0 Å². The van der Waals surface area contributed by atoms with E-state index in [4.69, 9.17) is 16.6 Å². The van der Waals surface area contributed by atoms with Crippen molar-refractivity contribution >= 4 is 11.4 Å². The molecule has 1 aromatic carbocycles. The molecular weight excluding hydrogens is 152 g/mol. The van der Waals surface area contributed by atoms with Gasteiger partial charge in [0, 0.05) is 18.0 Å². The zero-order chi connectivity index (χ0) is 9.14. The van der Waals surface area contributed by atoms with Crippen molar-refractivity contribution in [3.63, 3.8) is 0 Å². The van der Waals surface area contributed by atoms with Crippen LogP contribution in [0, 0.1) is 6.92 Å². The first-order valence-electron chi connectivity index (χ1n) is 3.90. The van der Waals surface area contributed by atoms with Gasteiger partial charge in [-0.15, -0.1) is 0 Å². The molecule has 0 saturated heterocycles. The molecule has 0 amide bonds. The van der Waals surface area contributed by atoms with Crippen molar-refractivity contribution in [2.75, 3.05) is 18.1 Å². The van der Waals surface area contributed by atoms with Crippen molar-refractivity contribution in [1.29, 1.82) is 0 Å². The Bertz CT molecular complexity index is 284. The summed E-state index contributed by atoms with van der Waals surface area (Å²) < 4.78 is 0. The van der Waals surface area contributed by atoms with E-state index in [0.29, 0.717) is 12.1 Å². The smallest absolute Gasteiger partial charge is 0.0472 e. The molecule has 0 radical (unpaired) electrons. The summed E-state index contributed by atoms with van der Waals surface area (Å²) in [5, 5.41) is 8.73. The normalized spacial score (nSPS) is 10.2. The number of aliphatic hydroxyl groups is 1. The van der Waals surface area contributed by atoms with Crippen molar-refractivity contribution in [3.8, 4) is 0 Å². The molecule has 1 aromatic rings. The quantitative estimate of drug-likeness (QED) is 0.566. The van der Waals surface area contributed by atoms with Crippen molar-refractivity contribution in [2.24, 2.45) is 0 Å². The Balaban J connectivity index is 3.09. The molecule has 0 bridgehead atoms. The standard InChI is InChI=1S/C9H14N2O/c1-6-4-8(10)5-7(2-3-12)9(6)11/h4-5,12H,2-3,10-11H2,1H3. The summed E-state index contributed by atoms with van der Waals surface area (Å²) in [7, 11) is 0. The fourth-order valence-electron chi connectivity index (χ4n) is 1.23. The summed E-state index contributed by atoms with van der Waals surface area (Å²) in [6.07, 6.45) is 0.567. The van der Waals surface area contributed by atoms with E-state index in [1.165, 1.54) is 0 Å². The van der Waals surface area contributed by atoms with Crippen LogP contribution in [0.25, 0.3) is 0 Å². The lowest BCUT2D eigenvalue weighted by atomic mass is 10.0. The van der Waals surface area contributed by atoms with E-state index in [0.717, 1.165) is 16.8 Å². The molecule has 0 saturated carbocycles. The highest BCUT2D eigenvalue weighted by molar-refractivity contribution is 5.60. The van der Waals surface area contributed by atoms with E-state index in [-0.39, 0.29) is 6.61 Å². The molecule has 0 fully saturated rings. The molecule has 66 valence electrons. The molecule has 12 heavy (non-hydrogen) atoms. The summed E-state index contributed by atoms with van der Waals surface area (Å²) in [5.74, 6) is 0. The first-order valence-corrected chi connectivity index (χ1v) is 3.90. The van der Waals surface area contributed by atoms with Gasteiger partial charge in [0.2, 0.25) is 0 Å². The van der Waals surface area contributed by atoms with Crippen molar-refractivity contribution in [3.05, 3.63) is 23.3 Å². The maximum atomic E-state index is 8.73. The van der Waals surface area contributed by atoms with Crippen LogP contribution in [0.3, 0.4) is 0 Å². The van der Waals surface area contributed by atoms with Crippen LogP contribution in [0.15, 0.2) is 12.1 Å². The lowest BCUT2D eigenvalue weighted by Gasteiger charge is -2.08. The van der Waals surface area contributed by atoms with Gasteiger partial charge in [-0.2, -0.15) is 0 Å². The Morgan fingerprint density at radius 2 is 2.00 bits per heavy atom. The monoisotopic (exact) mass is 166 g/mol. The van der Waals surface area contributed by atoms with Gasteiger partial charge in [0.25, 0.3) is 0 Å². The molecular formula is C9H14N2O. The van der Waals surface area contributed by atoms with Crippen molar-refractivity contribution in [2.45, 2.75) is 13.3 Å². The summed E-state index contributed by atoms with van der Waals surface area (Å²) in [4.78, 5) is 0. The molecule has 3 heteroatoms. The molecule has 3 nitrogen and oxygen atoms in total. The maximum Gasteiger partial charge on any atom is 0.0472 e. The van der Waals surface area contributed by atoms with Crippen molar-refractivity contribution < 1.29 is 5.11 Å². The number of hydrogen-bond acceptors (Lipinski definition) is 3. The molecule has 1 rings (SSSR count). The molecule has 0 atom stereocenters. The SMILES string of the molecule is Cc1cc(N)cc(CCO)c1N. The van der Waals surface area contributed by atoms with Crippen LogP contribution >= 0.6 is 0 Å². The van der Waals surface area contributed by atoms with E-state index >= 15 is 0 Å². The van der Waals surface area contributed by atoms with E-state index in [1.807, 2.05) is 13.0 Å². The zero-order valence-electron chi connectivity index (χ0n) is 7.17. The number of aryl methyl sites for hydroxylation is 1. The highest BCUT2D eigenvalue weighted by Crippen LogP contribution is 2.20. The number of aliphatic hydroxyl groups excluding tert-OH is 1. The first kappa shape index (κ1) is 8.87. The van der Waals surface area contributed by atoms with Crippen LogP contribution in [-0.2, 0) is 6.42 Å². The number of benzene rings is 1.